The second kappa shape index (κ2) is 8.58. The lowest BCUT2D eigenvalue weighted by Crippen LogP contribution is -2.24. The highest BCUT2D eigenvalue weighted by Gasteiger charge is 2.37. The number of furan rings is 1. The van der Waals surface area contributed by atoms with Gasteiger partial charge in [0.25, 0.3) is 0 Å². The summed E-state index contributed by atoms with van der Waals surface area (Å²) in [4.78, 5) is 4.99. The molecule has 0 spiro atoms. The van der Waals surface area contributed by atoms with Gasteiger partial charge >= 0.3 is 0 Å². The Balaban J connectivity index is 1.62. The fraction of sp³-hybridized carbons (Fsp3) is 0.214. The van der Waals surface area contributed by atoms with Crippen LogP contribution in [0, 0.1) is 12.8 Å². The molecule has 2 unspecified atom stereocenters. The molecule has 5 nitrogen and oxygen atoms in total. The summed E-state index contributed by atoms with van der Waals surface area (Å²) < 4.78 is 10.9. The molecule has 0 N–H and O–H groups in total. The summed E-state index contributed by atoms with van der Waals surface area (Å²) in [5, 5.41) is 8.34. The van der Waals surface area contributed by atoms with Gasteiger partial charge in [0.2, 0.25) is 0 Å². The molecule has 1 aliphatic rings. The van der Waals surface area contributed by atoms with Gasteiger partial charge in [-0.25, -0.2) is 9.99 Å². The number of ether oxygens (including phenoxy) is 1. The zero-order valence-electron chi connectivity index (χ0n) is 19.3. The summed E-state index contributed by atoms with van der Waals surface area (Å²) in [6.07, 6.45) is 3.73. The number of aromatic nitrogens is 1. The van der Waals surface area contributed by atoms with Gasteiger partial charge in [0.05, 0.1) is 30.6 Å². The van der Waals surface area contributed by atoms with E-state index in [0.29, 0.717) is 0 Å². The van der Waals surface area contributed by atoms with Crippen molar-refractivity contribution in [1.82, 2.24) is 4.98 Å². The maximum atomic E-state index is 5.54. The van der Waals surface area contributed by atoms with Gasteiger partial charge in [0, 0.05) is 11.3 Å². The Hall–Kier alpha value is -3.86. The summed E-state index contributed by atoms with van der Waals surface area (Å²) in [6, 6.07) is 22.5. The number of nitrogens with zero attached hydrogens (tertiary/aromatic N) is 3. The minimum absolute atomic E-state index is 0.0129. The molecule has 0 saturated heterocycles. The second-order valence-corrected chi connectivity index (χ2v) is 8.49. The Morgan fingerprint density at radius 3 is 2.58 bits per heavy atom. The van der Waals surface area contributed by atoms with E-state index in [1.807, 2.05) is 42.5 Å². The SMILES string of the molecule is COc1ccc(C2C(C)C(C(C)=Cc3ccco3)=NN2c2cc(C)c3ccccc3n2)cc1. The molecule has 2 aromatic carbocycles. The van der Waals surface area contributed by atoms with Crippen molar-refractivity contribution in [3.8, 4) is 5.75 Å². The van der Waals surface area contributed by atoms with Crippen molar-refractivity contribution in [2.75, 3.05) is 12.1 Å². The molecule has 0 bridgehead atoms. The average Bonchev–Trinajstić information content (AvgIpc) is 3.46. The Kier molecular flexibility index (Phi) is 5.47. The van der Waals surface area contributed by atoms with Gasteiger partial charge < -0.3 is 9.15 Å². The first-order valence-electron chi connectivity index (χ1n) is 11.2. The molecule has 0 amide bonds. The van der Waals surface area contributed by atoms with Crippen LogP contribution in [-0.2, 0) is 0 Å². The molecule has 2 atom stereocenters. The lowest BCUT2D eigenvalue weighted by molar-refractivity contribution is 0.414. The first kappa shape index (κ1) is 21.0. The largest absolute Gasteiger partial charge is 0.497 e. The molecule has 33 heavy (non-hydrogen) atoms. The number of aryl methyl sites for hydroxylation is 1. The van der Waals surface area contributed by atoms with E-state index in [-0.39, 0.29) is 12.0 Å². The Morgan fingerprint density at radius 2 is 1.85 bits per heavy atom. The highest BCUT2D eigenvalue weighted by Crippen LogP contribution is 2.41. The zero-order valence-corrected chi connectivity index (χ0v) is 19.3. The predicted octanol–water partition coefficient (Wildman–Crippen LogP) is 6.80. The molecule has 0 radical (unpaired) electrons. The second-order valence-electron chi connectivity index (χ2n) is 8.49. The van der Waals surface area contributed by atoms with E-state index in [4.69, 9.17) is 19.2 Å². The Labute approximate surface area is 194 Å². The number of para-hydroxylation sites is 1. The monoisotopic (exact) mass is 437 g/mol. The van der Waals surface area contributed by atoms with Crippen LogP contribution in [0.25, 0.3) is 17.0 Å². The van der Waals surface area contributed by atoms with E-state index in [1.54, 1.807) is 13.4 Å². The molecule has 166 valence electrons. The topological polar surface area (TPSA) is 50.9 Å². The van der Waals surface area contributed by atoms with Crippen LogP contribution in [0.1, 0.15) is 36.8 Å². The van der Waals surface area contributed by atoms with Gasteiger partial charge in [-0.05, 0) is 73.0 Å². The summed E-state index contributed by atoms with van der Waals surface area (Å²) in [5.74, 6) is 2.66. The van der Waals surface area contributed by atoms with E-state index >= 15 is 0 Å². The molecule has 3 heterocycles. The van der Waals surface area contributed by atoms with Gasteiger partial charge in [-0.15, -0.1) is 0 Å². The standard InChI is InChI=1S/C28H27N3O2/c1-18-17-26(29-25-10-6-5-9-24(18)25)31-28(21-11-13-22(32-4)14-12-21)20(3)27(30-31)19(2)16-23-8-7-15-33-23/h5-17,20,28H,1-4H3. The number of fused-ring (bicyclic) bond motifs is 1. The van der Waals surface area contributed by atoms with Gasteiger partial charge in [-0.1, -0.05) is 37.3 Å². The fourth-order valence-corrected chi connectivity index (χ4v) is 4.60. The van der Waals surface area contributed by atoms with Crippen molar-refractivity contribution in [2.45, 2.75) is 26.8 Å². The number of pyridine rings is 1. The van der Waals surface area contributed by atoms with E-state index in [9.17, 15) is 0 Å². The summed E-state index contributed by atoms with van der Waals surface area (Å²) in [6.45, 7) is 6.44. The molecule has 5 rings (SSSR count). The zero-order chi connectivity index (χ0) is 22.9. The maximum Gasteiger partial charge on any atom is 0.150 e. The highest BCUT2D eigenvalue weighted by molar-refractivity contribution is 6.07. The maximum absolute atomic E-state index is 5.54. The van der Waals surface area contributed by atoms with E-state index in [2.05, 4.69) is 56.1 Å². The number of hydrogen-bond acceptors (Lipinski definition) is 5. The average molecular weight is 438 g/mol. The summed E-state index contributed by atoms with van der Waals surface area (Å²) in [7, 11) is 1.69. The van der Waals surface area contributed by atoms with Crippen molar-refractivity contribution in [1.29, 1.82) is 0 Å². The molecule has 2 aromatic heterocycles. The van der Waals surface area contributed by atoms with E-state index in [0.717, 1.165) is 39.5 Å². The van der Waals surface area contributed by atoms with Crippen LogP contribution in [0.5, 0.6) is 5.75 Å². The smallest absolute Gasteiger partial charge is 0.150 e. The van der Waals surface area contributed by atoms with Gasteiger partial charge in [0.15, 0.2) is 0 Å². The first-order chi connectivity index (χ1) is 16.0. The Morgan fingerprint density at radius 1 is 1.06 bits per heavy atom. The van der Waals surface area contributed by atoms with E-state index < -0.39 is 0 Å². The fourth-order valence-electron chi connectivity index (χ4n) is 4.60. The highest BCUT2D eigenvalue weighted by atomic mass is 16.5. The van der Waals surface area contributed by atoms with Crippen molar-refractivity contribution in [2.24, 2.45) is 11.0 Å². The predicted molar refractivity (Wildman–Crippen MR) is 134 cm³/mol. The van der Waals surface area contributed by atoms with Crippen LogP contribution in [0.4, 0.5) is 5.82 Å². The number of allylic oxidation sites excluding steroid dienone is 1. The lowest BCUT2D eigenvalue weighted by Gasteiger charge is -2.27. The van der Waals surface area contributed by atoms with Crippen LogP contribution in [0.15, 0.2) is 88.1 Å². The first-order valence-corrected chi connectivity index (χ1v) is 11.2. The molecular weight excluding hydrogens is 410 g/mol. The van der Waals surface area contributed by atoms with Crippen LogP contribution < -0.4 is 9.75 Å². The minimum Gasteiger partial charge on any atom is -0.497 e. The van der Waals surface area contributed by atoms with Crippen LogP contribution >= 0.6 is 0 Å². The van der Waals surface area contributed by atoms with Crippen LogP contribution in [0.3, 0.4) is 0 Å². The van der Waals surface area contributed by atoms with Crippen molar-refractivity contribution in [3.63, 3.8) is 0 Å². The molecule has 0 fully saturated rings. The number of hydrazone groups is 1. The lowest BCUT2D eigenvalue weighted by atomic mass is 9.88. The van der Waals surface area contributed by atoms with Crippen LogP contribution in [-0.4, -0.2) is 17.8 Å². The number of rotatable bonds is 5. The minimum atomic E-state index is 0.0129. The van der Waals surface area contributed by atoms with Crippen molar-refractivity contribution < 1.29 is 9.15 Å². The third kappa shape index (κ3) is 3.91. The molecule has 1 aliphatic heterocycles. The Bertz CT molecular complexity index is 1340. The van der Waals surface area contributed by atoms with Crippen molar-refractivity contribution in [3.05, 3.63) is 95.5 Å². The van der Waals surface area contributed by atoms with Gasteiger partial charge in [-0.2, -0.15) is 5.10 Å². The molecule has 0 aliphatic carbocycles. The molecule has 0 saturated carbocycles. The number of hydrogen-bond donors (Lipinski definition) is 0. The van der Waals surface area contributed by atoms with Gasteiger partial charge in [0.1, 0.15) is 17.3 Å². The third-order valence-corrected chi connectivity index (χ3v) is 6.29. The molecule has 5 heteroatoms. The number of methoxy groups -OCH3 is 1. The molecule has 4 aromatic rings. The van der Waals surface area contributed by atoms with Crippen LogP contribution in [0.2, 0.25) is 0 Å². The molecular formula is C28H27N3O2. The normalized spacial score (nSPS) is 18.6. The third-order valence-electron chi connectivity index (χ3n) is 6.29. The summed E-state index contributed by atoms with van der Waals surface area (Å²) >= 11 is 0. The van der Waals surface area contributed by atoms with Gasteiger partial charge in [-0.3, -0.25) is 0 Å². The van der Waals surface area contributed by atoms with E-state index in [1.165, 1.54) is 11.1 Å². The quantitative estimate of drug-likeness (QED) is 0.344. The van der Waals surface area contributed by atoms with Crippen molar-refractivity contribution >= 4 is 28.5 Å². The number of benzene rings is 2. The summed E-state index contributed by atoms with van der Waals surface area (Å²) in [5.41, 5.74) is 5.43. The number of anilines is 1.